The van der Waals surface area contributed by atoms with E-state index in [0.717, 1.165) is 6.07 Å². The second-order valence-electron chi connectivity index (χ2n) is 2.81. The minimum absolute atomic E-state index is 0.0931. The minimum atomic E-state index is -0.659. The van der Waals surface area contributed by atoms with Gasteiger partial charge in [-0.05, 0) is 12.1 Å². The van der Waals surface area contributed by atoms with Crippen LogP contribution in [-0.2, 0) is 0 Å². The van der Waals surface area contributed by atoms with Crippen LogP contribution >= 0.6 is 0 Å². The Morgan fingerprint density at radius 1 is 1.50 bits per heavy atom. The summed E-state index contributed by atoms with van der Waals surface area (Å²) < 4.78 is 0. The molecule has 70 valence electrons. The third kappa shape index (κ3) is 1.24. The van der Waals surface area contributed by atoms with E-state index in [2.05, 4.69) is 9.97 Å². The Labute approximate surface area is 78.6 Å². The Morgan fingerprint density at radius 2 is 2.29 bits per heavy atom. The zero-order valence-electron chi connectivity index (χ0n) is 7.15. The molecule has 3 N–H and O–H groups in total. The first-order valence-electron chi connectivity index (χ1n) is 3.96. The first-order valence-corrected chi connectivity index (χ1v) is 3.96. The maximum atomic E-state index is 11.4. The largest absolute Gasteiger partial charge is 0.364 e. The summed E-state index contributed by atoms with van der Waals surface area (Å²) in [7, 11) is 0. The van der Waals surface area contributed by atoms with Gasteiger partial charge in [0.2, 0.25) is 5.43 Å². The lowest BCUT2D eigenvalue weighted by molar-refractivity contribution is 0.0996. The molecule has 0 aliphatic carbocycles. The zero-order chi connectivity index (χ0) is 10.1. The van der Waals surface area contributed by atoms with E-state index < -0.39 is 5.91 Å². The van der Waals surface area contributed by atoms with Crippen molar-refractivity contribution >= 4 is 16.9 Å². The summed E-state index contributed by atoms with van der Waals surface area (Å²) in [6.45, 7) is 0. The van der Waals surface area contributed by atoms with Crippen molar-refractivity contribution in [3.63, 3.8) is 0 Å². The van der Waals surface area contributed by atoms with E-state index >= 15 is 0 Å². The Kier molecular flexibility index (Phi) is 1.78. The van der Waals surface area contributed by atoms with Gasteiger partial charge in [-0.2, -0.15) is 0 Å². The molecule has 1 amide bonds. The van der Waals surface area contributed by atoms with Crippen LogP contribution in [0.3, 0.4) is 0 Å². The maximum absolute atomic E-state index is 11.4. The molecule has 0 unspecified atom stereocenters. The summed E-state index contributed by atoms with van der Waals surface area (Å²) in [5, 5.41) is 0. The molecule has 0 atom stereocenters. The van der Waals surface area contributed by atoms with Crippen molar-refractivity contribution in [1.82, 2.24) is 9.97 Å². The molecule has 2 heterocycles. The smallest absolute Gasteiger partial charge is 0.265 e. The highest BCUT2D eigenvalue weighted by atomic mass is 16.1. The lowest BCUT2D eigenvalue weighted by Gasteiger charge is -1.98. The van der Waals surface area contributed by atoms with Crippen LogP contribution in [0.2, 0.25) is 0 Å². The van der Waals surface area contributed by atoms with Gasteiger partial charge in [0, 0.05) is 12.3 Å². The summed E-state index contributed by atoms with van der Waals surface area (Å²) in [5.74, 6) is -0.659. The average Bonchev–Trinajstić information content (AvgIpc) is 2.17. The van der Waals surface area contributed by atoms with Crippen LogP contribution in [0.5, 0.6) is 0 Å². The SMILES string of the molecule is NC(=O)c1cc(=O)c2ncccc2[nH]1. The molecule has 2 aromatic rings. The summed E-state index contributed by atoms with van der Waals surface area (Å²) in [6, 6.07) is 4.48. The third-order valence-electron chi connectivity index (χ3n) is 1.85. The number of nitrogens with zero attached hydrogens (tertiary/aromatic N) is 1. The van der Waals surface area contributed by atoms with Gasteiger partial charge in [-0.1, -0.05) is 0 Å². The van der Waals surface area contributed by atoms with Crippen molar-refractivity contribution in [2.45, 2.75) is 0 Å². The number of carbonyl (C=O) groups excluding carboxylic acids is 1. The van der Waals surface area contributed by atoms with Crippen molar-refractivity contribution in [2.24, 2.45) is 5.73 Å². The number of aromatic nitrogens is 2. The fourth-order valence-corrected chi connectivity index (χ4v) is 1.22. The first-order chi connectivity index (χ1) is 6.68. The van der Waals surface area contributed by atoms with Crippen molar-refractivity contribution in [2.75, 3.05) is 0 Å². The molecule has 0 aliphatic heterocycles. The molecule has 0 aromatic carbocycles. The Hall–Kier alpha value is -2.17. The Morgan fingerprint density at radius 3 is 3.00 bits per heavy atom. The van der Waals surface area contributed by atoms with Gasteiger partial charge >= 0.3 is 0 Å². The second-order valence-corrected chi connectivity index (χ2v) is 2.81. The Bertz CT molecular complexity index is 559. The second kappa shape index (κ2) is 2.95. The number of carbonyl (C=O) groups is 1. The highest BCUT2D eigenvalue weighted by Crippen LogP contribution is 2.03. The number of primary amides is 1. The van der Waals surface area contributed by atoms with Crippen LogP contribution in [-0.4, -0.2) is 15.9 Å². The van der Waals surface area contributed by atoms with E-state index in [4.69, 9.17) is 5.73 Å². The minimum Gasteiger partial charge on any atom is -0.364 e. The summed E-state index contributed by atoms with van der Waals surface area (Å²) in [5.41, 5.74) is 5.64. The monoisotopic (exact) mass is 189 g/mol. The van der Waals surface area contributed by atoms with Crippen LogP contribution < -0.4 is 11.2 Å². The third-order valence-corrected chi connectivity index (χ3v) is 1.85. The standard InChI is InChI=1S/C9H7N3O2/c10-9(14)6-4-7(13)8-5(12-6)2-1-3-11-8/h1-4H,(H2,10,14)(H,12,13). The van der Waals surface area contributed by atoms with Gasteiger partial charge in [-0.15, -0.1) is 0 Å². The molecular formula is C9H7N3O2. The van der Waals surface area contributed by atoms with Crippen molar-refractivity contribution in [1.29, 1.82) is 0 Å². The molecule has 2 aromatic heterocycles. The summed E-state index contributed by atoms with van der Waals surface area (Å²) >= 11 is 0. The number of aromatic amines is 1. The van der Waals surface area contributed by atoms with Gasteiger partial charge in [0.25, 0.3) is 5.91 Å². The number of nitrogens with one attached hydrogen (secondary N) is 1. The molecule has 0 radical (unpaired) electrons. The first kappa shape index (κ1) is 8.43. The molecule has 0 spiro atoms. The normalized spacial score (nSPS) is 10.3. The fourth-order valence-electron chi connectivity index (χ4n) is 1.22. The van der Waals surface area contributed by atoms with Crippen molar-refractivity contribution < 1.29 is 4.79 Å². The lowest BCUT2D eigenvalue weighted by atomic mass is 10.2. The lowest BCUT2D eigenvalue weighted by Crippen LogP contribution is -2.17. The van der Waals surface area contributed by atoms with E-state index in [0.29, 0.717) is 11.0 Å². The molecule has 0 fully saturated rings. The quantitative estimate of drug-likeness (QED) is 0.662. The molecule has 14 heavy (non-hydrogen) atoms. The summed E-state index contributed by atoms with van der Waals surface area (Å²) in [4.78, 5) is 28.9. The van der Waals surface area contributed by atoms with Crippen molar-refractivity contribution in [3.05, 3.63) is 40.3 Å². The van der Waals surface area contributed by atoms with Gasteiger partial charge in [-0.3, -0.25) is 14.6 Å². The molecule has 0 aliphatic rings. The molecule has 0 saturated heterocycles. The molecule has 5 nitrogen and oxygen atoms in total. The number of nitrogens with two attached hydrogens (primary N) is 1. The van der Waals surface area contributed by atoms with Gasteiger partial charge in [0.15, 0.2) is 0 Å². The number of fused-ring (bicyclic) bond motifs is 1. The predicted octanol–water partition coefficient (Wildman–Crippen LogP) is 0.0220. The maximum Gasteiger partial charge on any atom is 0.265 e. The van der Waals surface area contributed by atoms with Gasteiger partial charge in [0.05, 0.1) is 5.52 Å². The molecule has 0 bridgehead atoms. The van der Waals surface area contributed by atoms with Crippen LogP contribution in [0, 0.1) is 0 Å². The molecule has 5 heteroatoms. The van der Waals surface area contributed by atoms with Gasteiger partial charge in [-0.25, -0.2) is 0 Å². The number of hydrogen-bond donors (Lipinski definition) is 2. The Balaban J connectivity index is 2.86. The number of rotatable bonds is 1. The van der Waals surface area contributed by atoms with Crippen LogP contribution in [0.4, 0.5) is 0 Å². The molecular weight excluding hydrogens is 182 g/mol. The number of pyridine rings is 2. The highest BCUT2D eigenvalue weighted by molar-refractivity contribution is 5.92. The van der Waals surface area contributed by atoms with E-state index in [1.165, 1.54) is 6.20 Å². The van der Waals surface area contributed by atoms with Gasteiger partial charge in [0.1, 0.15) is 11.2 Å². The highest BCUT2D eigenvalue weighted by Gasteiger charge is 2.05. The summed E-state index contributed by atoms with van der Waals surface area (Å²) in [6.07, 6.45) is 1.52. The van der Waals surface area contributed by atoms with Crippen LogP contribution in [0.15, 0.2) is 29.2 Å². The topological polar surface area (TPSA) is 88.8 Å². The van der Waals surface area contributed by atoms with Gasteiger partial charge < -0.3 is 10.7 Å². The van der Waals surface area contributed by atoms with E-state index in [9.17, 15) is 9.59 Å². The number of amides is 1. The fraction of sp³-hybridized carbons (Fsp3) is 0. The molecule has 2 rings (SSSR count). The predicted molar refractivity (Wildman–Crippen MR) is 50.9 cm³/mol. The van der Waals surface area contributed by atoms with E-state index in [1.807, 2.05) is 0 Å². The van der Waals surface area contributed by atoms with Crippen molar-refractivity contribution in [3.8, 4) is 0 Å². The number of hydrogen-bond acceptors (Lipinski definition) is 3. The number of H-pyrrole nitrogens is 1. The van der Waals surface area contributed by atoms with E-state index in [-0.39, 0.29) is 11.1 Å². The average molecular weight is 189 g/mol. The zero-order valence-corrected chi connectivity index (χ0v) is 7.15. The molecule has 0 saturated carbocycles. The van der Waals surface area contributed by atoms with E-state index in [1.54, 1.807) is 12.1 Å². The van der Waals surface area contributed by atoms with Crippen LogP contribution in [0.25, 0.3) is 11.0 Å². The van der Waals surface area contributed by atoms with Crippen LogP contribution in [0.1, 0.15) is 10.5 Å².